The predicted octanol–water partition coefficient (Wildman–Crippen LogP) is 1.82. The fourth-order valence-electron chi connectivity index (χ4n) is 2.20. The Hall–Kier alpha value is -1.86. The van der Waals surface area contributed by atoms with E-state index in [2.05, 4.69) is 20.3 Å². The van der Waals surface area contributed by atoms with E-state index in [4.69, 9.17) is 4.74 Å². The van der Waals surface area contributed by atoms with Crippen LogP contribution >= 0.6 is 11.3 Å². The Balaban J connectivity index is 1.70. The molecule has 6 nitrogen and oxygen atoms in total. The van der Waals surface area contributed by atoms with Crippen LogP contribution in [-0.4, -0.2) is 40.1 Å². The lowest BCUT2D eigenvalue weighted by Crippen LogP contribution is -2.31. The molecule has 110 valence electrons. The number of hydrogen-bond acceptors (Lipinski definition) is 6. The maximum atomic E-state index is 12.2. The Morgan fingerprint density at radius 3 is 3.00 bits per heavy atom. The quantitative estimate of drug-likeness (QED) is 0.932. The highest BCUT2D eigenvalue weighted by atomic mass is 32.1. The second kappa shape index (κ2) is 6.28. The van der Waals surface area contributed by atoms with Gasteiger partial charge < -0.3 is 10.1 Å². The molecule has 0 saturated carbocycles. The van der Waals surface area contributed by atoms with E-state index in [0.29, 0.717) is 27.9 Å². The number of carbonyl (C=O) groups is 1. The van der Waals surface area contributed by atoms with Crippen molar-refractivity contribution in [2.45, 2.75) is 25.9 Å². The van der Waals surface area contributed by atoms with E-state index in [9.17, 15) is 4.79 Å². The van der Waals surface area contributed by atoms with Crippen LogP contribution in [-0.2, 0) is 4.74 Å². The molecular formula is C14H16N4O2S. The Morgan fingerprint density at radius 1 is 1.48 bits per heavy atom. The fourth-order valence-corrected chi connectivity index (χ4v) is 3.14. The second-order valence-electron chi connectivity index (χ2n) is 4.85. The van der Waals surface area contributed by atoms with Crippen LogP contribution in [0.25, 0.3) is 10.8 Å². The topological polar surface area (TPSA) is 77.0 Å². The van der Waals surface area contributed by atoms with Crippen LogP contribution in [0.15, 0.2) is 18.5 Å². The van der Waals surface area contributed by atoms with Crippen molar-refractivity contribution in [2.75, 3.05) is 13.2 Å². The average Bonchev–Trinajstić information content (AvgIpc) is 3.15. The third kappa shape index (κ3) is 3.25. The first-order valence-electron chi connectivity index (χ1n) is 6.88. The highest BCUT2D eigenvalue weighted by Crippen LogP contribution is 2.25. The summed E-state index contributed by atoms with van der Waals surface area (Å²) >= 11 is 1.31. The Morgan fingerprint density at radius 2 is 2.29 bits per heavy atom. The van der Waals surface area contributed by atoms with E-state index < -0.39 is 0 Å². The summed E-state index contributed by atoms with van der Waals surface area (Å²) in [7, 11) is 0. The molecule has 21 heavy (non-hydrogen) atoms. The fraction of sp³-hybridized carbons (Fsp3) is 0.429. The summed E-state index contributed by atoms with van der Waals surface area (Å²) in [6.07, 6.45) is 5.53. The number of nitrogens with one attached hydrogen (secondary N) is 1. The summed E-state index contributed by atoms with van der Waals surface area (Å²) in [5, 5.41) is 3.57. The molecule has 0 aromatic carbocycles. The summed E-state index contributed by atoms with van der Waals surface area (Å²) < 4.78 is 5.50. The molecule has 1 aliphatic heterocycles. The molecule has 3 heterocycles. The molecule has 1 saturated heterocycles. The van der Waals surface area contributed by atoms with Gasteiger partial charge in [-0.2, -0.15) is 0 Å². The number of aromatic nitrogens is 3. The summed E-state index contributed by atoms with van der Waals surface area (Å²) in [5.41, 5.74) is 0.701. The summed E-state index contributed by atoms with van der Waals surface area (Å²) in [4.78, 5) is 25.5. The molecule has 2 aromatic rings. The number of ether oxygens (including phenoxy) is 1. The summed E-state index contributed by atoms with van der Waals surface area (Å²) in [5.74, 6) is 0.437. The number of aryl methyl sites for hydroxylation is 1. The molecule has 0 unspecified atom stereocenters. The van der Waals surface area contributed by atoms with Crippen LogP contribution in [0.4, 0.5) is 0 Å². The van der Waals surface area contributed by atoms with Gasteiger partial charge >= 0.3 is 0 Å². The SMILES string of the molecule is Cc1nc(-c2ncccn2)sc1C(=O)NC[C@H]1CCCO1. The molecule has 1 aliphatic rings. The number of amides is 1. The molecule has 1 amide bonds. The molecule has 1 N–H and O–H groups in total. The van der Waals surface area contributed by atoms with Crippen LogP contribution in [0.3, 0.4) is 0 Å². The van der Waals surface area contributed by atoms with Crippen molar-refractivity contribution >= 4 is 17.2 Å². The lowest BCUT2D eigenvalue weighted by molar-refractivity contribution is 0.0860. The van der Waals surface area contributed by atoms with Crippen molar-refractivity contribution in [3.05, 3.63) is 29.0 Å². The molecule has 0 radical (unpaired) electrons. The minimum atomic E-state index is -0.109. The van der Waals surface area contributed by atoms with E-state index in [1.807, 2.05) is 6.92 Å². The van der Waals surface area contributed by atoms with E-state index in [1.54, 1.807) is 18.5 Å². The van der Waals surface area contributed by atoms with E-state index >= 15 is 0 Å². The first-order valence-corrected chi connectivity index (χ1v) is 7.70. The first kappa shape index (κ1) is 14.1. The lowest BCUT2D eigenvalue weighted by atomic mass is 10.2. The van der Waals surface area contributed by atoms with Crippen LogP contribution in [0, 0.1) is 6.92 Å². The second-order valence-corrected chi connectivity index (χ2v) is 5.85. The van der Waals surface area contributed by atoms with Gasteiger partial charge in [-0.1, -0.05) is 0 Å². The van der Waals surface area contributed by atoms with Gasteiger partial charge in [-0.25, -0.2) is 15.0 Å². The van der Waals surface area contributed by atoms with Crippen LogP contribution in [0.2, 0.25) is 0 Å². The number of nitrogens with zero attached hydrogens (tertiary/aromatic N) is 3. The molecule has 1 fully saturated rings. The maximum Gasteiger partial charge on any atom is 0.263 e. The van der Waals surface area contributed by atoms with Crippen LogP contribution in [0.5, 0.6) is 0 Å². The highest BCUT2D eigenvalue weighted by Gasteiger charge is 2.20. The van der Waals surface area contributed by atoms with Gasteiger partial charge in [0.05, 0.1) is 11.8 Å². The number of hydrogen-bond donors (Lipinski definition) is 1. The number of rotatable bonds is 4. The zero-order valence-electron chi connectivity index (χ0n) is 11.7. The van der Waals surface area contributed by atoms with E-state index in [1.165, 1.54) is 11.3 Å². The summed E-state index contributed by atoms with van der Waals surface area (Å²) in [6, 6.07) is 1.75. The minimum Gasteiger partial charge on any atom is -0.376 e. The van der Waals surface area contributed by atoms with Crippen molar-refractivity contribution in [3.63, 3.8) is 0 Å². The zero-order valence-corrected chi connectivity index (χ0v) is 12.5. The molecule has 0 bridgehead atoms. The van der Waals surface area contributed by atoms with Crippen molar-refractivity contribution in [1.82, 2.24) is 20.3 Å². The first-order chi connectivity index (χ1) is 10.2. The van der Waals surface area contributed by atoms with Gasteiger partial charge in [0.1, 0.15) is 4.88 Å². The average molecular weight is 304 g/mol. The summed E-state index contributed by atoms with van der Waals surface area (Å²) in [6.45, 7) is 3.16. The Labute approximate surface area is 126 Å². The Bertz CT molecular complexity index is 623. The predicted molar refractivity (Wildman–Crippen MR) is 79.2 cm³/mol. The third-order valence-electron chi connectivity index (χ3n) is 3.27. The number of thiazole rings is 1. The van der Waals surface area contributed by atoms with Gasteiger partial charge in [0.15, 0.2) is 10.8 Å². The maximum absolute atomic E-state index is 12.2. The molecule has 2 aromatic heterocycles. The van der Waals surface area contributed by atoms with Gasteiger partial charge in [0, 0.05) is 25.5 Å². The normalized spacial score (nSPS) is 17.9. The zero-order chi connectivity index (χ0) is 14.7. The van der Waals surface area contributed by atoms with Gasteiger partial charge in [-0.3, -0.25) is 4.79 Å². The van der Waals surface area contributed by atoms with E-state index in [-0.39, 0.29) is 12.0 Å². The number of carbonyl (C=O) groups excluding carboxylic acids is 1. The largest absolute Gasteiger partial charge is 0.376 e. The molecule has 7 heteroatoms. The van der Waals surface area contributed by atoms with Gasteiger partial charge in [0.25, 0.3) is 5.91 Å². The standard InChI is InChI=1S/C14H16N4O2S/c1-9-11(13(19)17-8-10-4-2-7-20-10)21-14(18-9)12-15-5-3-6-16-12/h3,5-6,10H,2,4,7-8H2,1H3,(H,17,19)/t10-/m1/s1. The van der Waals surface area contributed by atoms with Crippen LogP contribution in [0.1, 0.15) is 28.2 Å². The van der Waals surface area contributed by atoms with Gasteiger partial charge in [-0.15, -0.1) is 11.3 Å². The van der Waals surface area contributed by atoms with Gasteiger partial charge in [-0.05, 0) is 25.8 Å². The minimum absolute atomic E-state index is 0.109. The Kier molecular flexibility index (Phi) is 4.21. The van der Waals surface area contributed by atoms with Gasteiger partial charge in [0.2, 0.25) is 0 Å². The molecule has 0 spiro atoms. The highest BCUT2D eigenvalue weighted by molar-refractivity contribution is 7.17. The van der Waals surface area contributed by atoms with Crippen molar-refractivity contribution in [1.29, 1.82) is 0 Å². The lowest BCUT2D eigenvalue weighted by Gasteiger charge is -2.09. The molecule has 3 rings (SSSR count). The molecule has 1 atom stereocenters. The third-order valence-corrected chi connectivity index (χ3v) is 4.43. The van der Waals surface area contributed by atoms with E-state index in [0.717, 1.165) is 19.4 Å². The molecular weight excluding hydrogens is 288 g/mol. The van der Waals surface area contributed by atoms with Crippen molar-refractivity contribution in [3.8, 4) is 10.8 Å². The van der Waals surface area contributed by atoms with Crippen molar-refractivity contribution in [2.24, 2.45) is 0 Å². The van der Waals surface area contributed by atoms with Crippen molar-refractivity contribution < 1.29 is 9.53 Å². The monoisotopic (exact) mass is 304 g/mol. The molecule has 0 aliphatic carbocycles. The van der Waals surface area contributed by atoms with Crippen LogP contribution < -0.4 is 5.32 Å². The smallest absolute Gasteiger partial charge is 0.263 e.